The van der Waals surface area contributed by atoms with Gasteiger partial charge in [-0.1, -0.05) is 29.9 Å². The van der Waals surface area contributed by atoms with Crippen LogP contribution in [0.2, 0.25) is 0 Å². The Bertz CT molecular complexity index is 218. The highest BCUT2D eigenvalue weighted by molar-refractivity contribution is 5.82. The van der Waals surface area contributed by atoms with E-state index in [1.807, 2.05) is 26.0 Å². The lowest BCUT2D eigenvalue weighted by atomic mass is 10.3. The van der Waals surface area contributed by atoms with Crippen LogP contribution in [0.3, 0.4) is 0 Å². The van der Waals surface area contributed by atoms with Crippen LogP contribution in [0, 0.1) is 0 Å². The number of esters is 1. The highest BCUT2D eigenvalue weighted by Crippen LogP contribution is 1.89. The summed E-state index contributed by atoms with van der Waals surface area (Å²) in [6, 6.07) is 0. The fraction of sp³-hybridized carbons (Fsp3) is 0.300. The normalized spacial score (nSPS) is 10.6. The highest BCUT2D eigenvalue weighted by atomic mass is 16.5. The van der Waals surface area contributed by atoms with Gasteiger partial charge in [0.2, 0.25) is 0 Å². The zero-order valence-corrected chi connectivity index (χ0v) is 7.70. The van der Waals surface area contributed by atoms with E-state index < -0.39 is 0 Å². The van der Waals surface area contributed by atoms with Crippen molar-refractivity contribution >= 4 is 5.97 Å². The minimum Gasteiger partial charge on any atom is -0.466 e. The molecule has 12 heavy (non-hydrogen) atoms. The summed E-state index contributed by atoms with van der Waals surface area (Å²) in [5.74, 6) is -0.336. The summed E-state index contributed by atoms with van der Waals surface area (Å²) < 4.78 is 4.40. The third-order valence-electron chi connectivity index (χ3n) is 1.09. The summed E-state index contributed by atoms with van der Waals surface area (Å²) in [6.45, 7) is 4.02. The summed E-state index contributed by atoms with van der Waals surface area (Å²) >= 11 is 0. The van der Waals surface area contributed by atoms with Gasteiger partial charge in [0, 0.05) is 6.08 Å². The van der Waals surface area contributed by atoms with Crippen LogP contribution < -0.4 is 0 Å². The summed E-state index contributed by atoms with van der Waals surface area (Å²) in [4.78, 5) is 10.6. The van der Waals surface area contributed by atoms with E-state index in [1.54, 1.807) is 12.2 Å². The van der Waals surface area contributed by atoms with Crippen LogP contribution in [-0.4, -0.2) is 13.1 Å². The lowest BCUT2D eigenvalue weighted by Crippen LogP contribution is -1.92. The predicted molar refractivity (Wildman–Crippen MR) is 49.7 cm³/mol. The summed E-state index contributed by atoms with van der Waals surface area (Å²) in [6.07, 6.45) is 8.63. The topological polar surface area (TPSA) is 26.3 Å². The molecule has 0 spiro atoms. The van der Waals surface area contributed by atoms with Crippen molar-refractivity contribution < 1.29 is 9.53 Å². The maximum Gasteiger partial charge on any atom is 0.330 e. The molecule has 0 fully saturated rings. The summed E-state index contributed by atoms with van der Waals surface area (Å²) in [7, 11) is 1.35. The van der Waals surface area contributed by atoms with Gasteiger partial charge in [0.05, 0.1) is 7.11 Å². The molecule has 0 aromatic carbocycles. The van der Waals surface area contributed by atoms with Crippen LogP contribution in [0.4, 0.5) is 0 Å². The third-order valence-corrected chi connectivity index (χ3v) is 1.09. The van der Waals surface area contributed by atoms with E-state index in [1.165, 1.54) is 18.8 Å². The van der Waals surface area contributed by atoms with E-state index in [0.717, 1.165) is 0 Å². The second-order valence-corrected chi connectivity index (χ2v) is 2.51. The van der Waals surface area contributed by atoms with Crippen molar-refractivity contribution in [2.24, 2.45) is 0 Å². The van der Waals surface area contributed by atoms with E-state index in [-0.39, 0.29) is 5.97 Å². The van der Waals surface area contributed by atoms with Crippen molar-refractivity contribution in [3.05, 3.63) is 36.0 Å². The smallest absolute Gasteiger partial charge is 0.330 e. The number of rotatable bonds is 3. The van der Waals surface area contributed by atoms with Crippen LogP contribution in [0.1, 0.15) is 13.8 Å². The predicted octanol–water partition coefficient (Wildman–Crippen LogP) is 2.24. The molecule has 0 aliphatic rings. The van der Waals surface area contributed by atoms with Gasteiger partial charge >= 0.3 is 5.97 Å². The van der Waals surface area contributed by atoms with E-state index in [2.05, 4.69) is 4.74 Å². The quantitative estimate of drug-likeness (QED) is 0.365. The first kappa shape index (κ1) is 10.7. The molecule has 66 valence electrons. The standard InChI is InChI=1S/C10H14O2/c1-9(2)7-5-4-6-8-10(11)12-3/h4-8H,1-3H3. The van der Waals surface area contributed by atoms with Crippen LogP contribution in [0.5, 0.6) is 0 Å². The Kier molecular flexibility index (Phi) is 5.70. The molecule has 0 N–H and O–H groups in total. The highest BCUT2D eigenvalue weighted by Gasteiger charge is 1.85. The average molecular weight is 166 g/mol. The Morgan fingerprint density at radius 3 is 2.33 bits per heavy atom. The Labute approximate surface area is 73.2 Å². The van der Waals surface area contributed by atoms with Gasteiger partial charge in [0.15, 0.2) is 0 Å². The molecule has 0 unspecified atom stereocenters. The molecule has 0 aromatic rings. The number of hydrogen-bond acceptors (Lipinski definition) is 2. The largest absolute Gasteiger partial charge is 0.466 e. The Morgan fingerprint density at radius 2 is 1.83 bits per heavy atom. The van der Waals surface area contributed by atoms with Crippen LogP contribution in [0.15, 0.2) is 36.0 Å². The molecule has 0 aliphatic carbocycles. The number of hydrogen-bond donors (Lipinski definition) is 0. The number of carbonyl (C=O) groups is 1. The van der Waals surface area contributed by atoms with Gasteiger partial charge in [-0.15, -0.1) is 0 Å². The number of ether oxygens (including phenoxy) is 1. The molecule has 0 rings (SSSR count). The lowest BCUT2D eigenvalue weighted by Gasteiger charge is -1.86. The summed E-state index contributed by atoms with van der Waals surface area (Å²) in [5.41, 5.74) is 1.22. The molecule has 0 heterocycles. The fourth-order valence-electron chi connectivity index (χ4n) is 0.514. The molecule has 0 radical (unpaired) electrons. The second-order valence-electron chi connectivity index (χ2n) is 2.51. The molecule has 2 heteroatoms. The first-order chi connectivity index (χ1) is 5.66. The molecule has 0 aromatic heterocycles. The molecule has 0 atom stereocenters. The number of methoxy groups -OCH3 is 1. The van der Waals surface area contributed by atoms with Crippen LogP contribution >= 0.6 is 0 Å². The van der Waals surface area contributed by atoms with Gasteiger partial charge in [0.1, 0.15) is 0 Å². The number of carbonyl (C=O) groups excluding carboxylic acids is 1. The minimum absolute atomic E-state index is 0.336. The third kappa shape index (κ3) is 6.81. The van der Waals surface area contributed by atoms with Gasteiger partial charge < -0.3 is 4.74 Å². The van der Waals surface area contributed by atoms with Crippen molar-refractivity contribution in [2.45, 2.75) is 13.8 Å². The van der Waals surface area contributed by atoms with Gasteiger partial charge in [-0.25, -0.2) is 4.79 Å². The average Bonchev–Trinajstić information content (AvgIpc) is 2.03. The maximum atomic E-state index is 10.6. The van der Waals surface area contributed by atoms with Crippen LogP contribution in [-0.2, 0) is 9.53 Å². The summed E-state index contributed by atoms with van der Waals surface area (Å²) in [5, 5.41) is 0. The molecular formula is C10H14O2. The van der Waals surface area contributed by atoms with E-state index in [0.29, 0.717) is 0 Å². The zero-order valence-electron chi connectivity index (χ0n) is 7.70. The first-order valence-corrected chi connectivity index (χ1v) is 3.73. The van der Waals surface area contributed by atoms with E-state index in [4.69, 9.17) is 0 Å². The van der Waals surface area contributed by atoms with Gasteiger partial charge in [0.25, 0.3) is 0 Å². The Hall–Kier alpha value is -1.31. The van der Waals surface area contributed by atoms with Gasteiger partial charge in [-0.05, 0) is 13.8 Å². The molecule has 0 aliphatic heterocycles. The lowest BCUT2D eigenvalue weighted by molar-refractivity contribution is -0.134. The minimum atomic E-state index is -0.336. The van der Waals surface area contributed by atoms with Crippen LogP contribution in [0.25, 0.3) is 0 Å². The molecule has 0 bridgehead atoms. The van der Waals surface area contributed by atoms with Gasteiger partial charge in [-0.3, -0.25) is 0 Å². The second kappa shape index (κ2) is 6.40. The van der Waals surface area contributed by atoms with Crippen molar-refractivity contribution in [2.75, 3.05) is 7.11 Å². The van der Waals surface area contributed by atoms with E-state index in [9.17, 15) is 4.79 Å². The first-order valence-electron chi connectivity index (χ1n) is 3.73. The Morgan fingerprint density at radius 1 is 1.17 bits per heavy atom. The zero-order chi connectivity index (χ0) is 9.40. The number of allylic oxidation sites excluding steroid dienone is 5. The molecule has 0 saturated carbocycles. The monoisotopic (exact) mass is 166 g/mol. The molecule has 2 nitrogen and oxygen atoms in total. The van der Waals surface area contributed by atoms with Crippen molar-refractivity contribution in [3.8, 4) is 0 Å². The van der Waals surface area contributed by atoms with Gasteiger partial charge in [-0.2, -0.15) is 0 Å². The molecule has 0 amide bonds. The van der Waals surface area contributed by atoms with Crippen molar-refractivity contribution in [3.63, 3.8) is 0 Å². The molecular weight excluding hydrogens is 152 g/mol. The van der Waals surface area contributed by atoms with E-state index >= 15 is 0 Å². The molecule has 0 saturated heterocycles. The van der Waals surface area contributed by atoms with Crippen molar-refractivity contribution in [1.82, 2.24) is 0 Å². The fourth-order valence-corrected chi connectivity index (χ4v) is 0.514. The Balaban J connectivity index is 3.82. The van der Waals surface area contributed by atoms with Crippen molar-refractivity contribution in [1.29, 1.82) is 0 Å². The maximum absolute atomic E-state index is 10.6. The SMILES string of the molecule is COC(=O)C=CC=CC=C(C)C.